The summed E-state index contributed by atoms with van der Waals surface area (Å²) in [6, 6.07) is 11.8. The summed E-state index contributed by atoms with van der Waals surface area (Å²) in [6.07, 6.45) is 5.11. The summed E-state index contributed by atoms with van der Waals surface area (Å²) in [4.78, 5) is 16.8. The Morgan fingerprint density at radius 1 is 1.24 bits per heavy atom. The zero-order valence-electron chi connectivity index (χ0n) is 14.4. The highest BCUT2D eigenvalue weighted by atomic mass is 32.2. The molecule has 0 aliphatic rings. The molecule has 3 rings (SSSR count). The van der Waals surface area contributed by atoms with Crippen molar-refractivity contribution in [1.82, 2.24) is 14.9 Å². The van der Waals surface area contributed by atoms with Crippen LogP contribution < -0.4 is 5.32 Å². The van der Waals surface area contributed by atoms with Crippen LogP contribution in [0.2, 0.25) is 0 Å². The third-order valence-corrected chi connectivity index (χ3v) is 4.95. The first-order valence-corrected chi connectivity index (χ1v) is 9.63. The van der Waals surface area contributed by atoms with Crippen LogP contribution in [-0.2, 0) is 17.9 Å². The van der Waals surface area contributed by atoms with Gasteiger partial charge in [0.2, 0.25) is 5.91 Å². The average Bonchev–Trinajstić information content (AvgIpc) is 3.26. The van der Waals surface area contributed by atoms with Crippen LogP contribution in [0.25, 0.3) is 11.0 Å². The van der Waals surface area contributed by atoms with E-state index in [1.54, 1.807) is 6.26 Å². The third kappa shape index (κ3) is 4.66. The summed E-state index contributed by atoms with van der Waals surface area (Å²) in [5.74, 6) is 1.08. The number of unbranched alkanes of at least 4 members (excludes halogenated alkanes) is 2. The smallest absolute Gasteiger partial charge is 0.230 e. The van der Waals surface area contributed by atoms with Crippen LogP contribution in [0.4, 0.5) is 0 Å². The van der Waals surface area contributed by atoms with Gasteiger partial charge in [-0.1, -0.05) is 43.7 Å². The Morgan fingerprint density at radius 2 is 2.12 bits per heavy atom. The van der Waals surface area contributed by atoms with Crippen molar-refractivity contribution in [1.29, 1.82) is 0 Å². The lowest BCUT2D eigenvalue weighted by Crippen LogP contribution is -2.24. The Kier molecular flexibility index (Phi) is 6.17. The molecule has 0 aliphatic carbocycles. The summed E-state index contributed by atoms with van der Waals surface area (Å²) in [5.41, 5.74) is 2.12. The molecular formula is C19H23N3O2S. The number of amides is 1. The van der Waals surface area contributed by atoms with E-state index in [-0.39, 0.29) is 5.91 Å². The van der Waals surface area contributed by atoms with Crippen LogP contribution in [0.15, 0.2) is 52.2 Å². The number of aryl methyl sites for hydroxylation is 1. The van der Waals surface area contributed by atoms with Crippen molar-refractivity contribution in [2.24, 2.45) is 0 Å². The van der Waals surface area contributed by atoms with E-state index in [9.17, 15) is 4.79 Å². The molecule has 0 spiro atoms. The molecule has 3 aromatic rings. The number of furan rings is 1. The molecule has 2 heterocycles. The molecule has 1 amide bonds. The van der Waals surface area contributed by atoms with Gasteiger partial charge < -0.3 is 14.3 Å². The maximum atomic E-state index is 12.1. The van der Waals surface area contributed by atoms with Crippen LogP contribution in [0.5, 0.6) is 0 Å². The van der Waals surface area contributed by atoms with E-state index in [2.05, 4.69) is 22.9 Å². The van der Waals surface area contributed by atoms with Crippen LogP contribution in [0, 0.1) is 0 Å². The van der Waals surface area contributed by atoms with E-state index in [4.69, 9.17) is 9.40 Å². The van der Waals surface area contributed by atoms with Gasteiger partial charge in [-0.15, -0.1) is 0 Å². The quantitative estimate of drug-likeness (QED) is 0.460. The Labute approximate surface area is 151 Å². The molecule has 25 heavy (non-hydrogen) atoms. The van der Waals surface area contributed by atoms with Crippen molar-refractivity contribution in [2.75, 3.05) is 5.75 Å². The maximum absolute atomic E-state index is 12.1. The second-order valence-electron chi connectivity index (χ2n) is 5.89. The van der Waals surface area contributed by atoms with Crippen LogP contribution in [0.3, 0.4) is 0 Å². The largest absolute Gasteiger partial charge is 0.467 e. The number of thioether (sulfide) groups is 1. The highest BCUT2D eigenvalue weighted by molar-refractivity contribution is 7.99. The second kappa shape index (κ2) is 8.76. The number of fused-ring (bicyclic) bond motifs is 1. The Bertz CT molecular complexity index is 811. The molecule has 0 radical (unpaired) electrons. The summed E-state index contributed by atoms with van der Waals surface area (Å²) < 4.78 is 7.45. The second-order valence-corrected chi connectivity index (χ2v) is 6.83. The van der Waals surface area contributed by atoms with Gasteiger partial charge in [0, 0.05) is 6.54 Å². The molecule has 6 heteroatoms. The number of para-hydroxylation sites is 2. The van der Waals surface area contributed by atoms with Gasteiger partial charge in [-0.2, -0.15) is 0 Å². The van der Waals surface area contributed by atoms with Gasteiger partial charge in [-0.3, -0.25) is 4.79 Å². The zero-order chi connectivity index (χ0) is 17.5. The molecular weight excluding hydrogens is 334 g/mol. The van der Waals surface area contributed by atoms with Crippen molar-refractivity contribution >= 4 is 28.7 Å². The van der Waals surface area contributed by atoms with E-state index in [0.717, 1.165) is 34.9 Å². The van der Waals surface area contributed by atoms with Gasteiger partial charge in [-0.25, -0.2) is 4.98 Å². The molecule has 0 atom stereocenters. The number of carbonyl (C=O) groups excluding carboxylic acids is 1. The minimum Gasteiger partial charge on any atom is -0.467 e. The predicted octanol–water partition coefficient (Wildman–Crippen LogP) is 4.23. The fraction of sp³-hybridized carbons (Fsp3) is 0.368. The Balaban J connectivity index is 1.63. The SMILES string of the molecule is CCCCCn1c(SCC(=O)NCc2ccco2)nc2ccccc21. The molecule has 1 aromatic carbocycles. The molecule has 1 N–H and O–H groups in total. The van der Waals surface area contributed by atoms with Crippen LogP contribution in [-0.4, -0.2) is 21.2 Å². The van der Waals surface area contributed by atoms with Crippen molar-refractivity contribution in [3.05, 3.63) is 48.4 Å². The lowest BCUT2D eigenvalue weighted by atomic mass is 10.2. The van der Waals surface area contributed by atoms with Crippen molar-refractivity contribution < 1.29 is 9.21 Å². The number of rotatable bonds is 9. The van der Waals surface area contributed by atoms with Gasteiger partial charge >= 0.3 is 0 Å². The summed E-state index contributed by atoms with van der Waals surface area (Å²) in [6.45, 7) is 3.55. The predicted molar refractivity (Wildman–Crippen MR) is 101 cm³/mol. The van der Waals surface area contributed by atoms with Gasteiger partial charge in [0.1, 0.15) is 5.76 Å². The molecule has 0 aliphatic heterocycles. The van der Waals surface area contributed by atoms with Gasteiger partial charge in [0.05, 0.1) is 29.6 Å². The number of hydrogen-bond acceptors (Lipinski definition) is 4. The lowest BCUT2D eigenvalue weighted by Gasteiger charge is -2.08. The fourth-order valence-electron chi connectivity index (χ4n) is 2.68. The summed E-state index contributed by atoms with van der Waals surface area (Å²) >= 11 is 1.49. The van der Waals surface area contributed by atoms with E-state index >= 15 is 0 Å². The molecule has 2 aromatic heterocycles. The van der Waals surface area contributed by atoms with Crippen molar-refractivity contribution in [2.45, 2.75) is 44.4 Å². The minimum absolute atomic E-state index is 0.0198. The highest BCUT2D eigenvalue weighted by Gasteiger charge is 2.12. The van der Waals surface area contributed by atoms with Crippen LogP contribution in [0.1, 0.15) is 31.9 Å². The number of benzene rings is 1. The summed E-state index contributed by atoms with van der Waals surface area (Å²) in [5, 5.41) is 3.78. The monoisotopic (exact) mass is 357 g/mol. The first-order valence-electron chi connectivity index (χ1n) is 8.65. The molecule has 5 nitrogen and oxygen atoms in total. The van der Waals surface area contributed by atoms with E-state index in [1.807, 2.05) is 30.3 Å². The standard InChI is InChI=1S/C19H23N3O2S/c1-2-3-6-11-22-17-10-5-4-9-16(17)21-19(22)25-14-18(23)20-13-15-8-7-12-24-15/h4-5,7-10,12H,2-3,6,11,13-14H2,1H3,(H,20,23). The number of imidazole rings is 1. The number of aromatic nitrogens is 2. The molecule has 0 saturated heterocycles. The lowest BCUT2D eigenvalue weighted by molar-refractivity contribution is -0.118. The molecule has 0 unspecified atom stereocenters. The summed E-state index contributed by atoms with van der Waals surface area (Å²) in [7, 11) is 0. The topological polar surface area (TPSA) is 60.1 Å². The van der Waals surface area contributed by atoms with E-state index in [0.29, 0.717) is 12.3 Å². The zero-order valence-corrected chi connectivity index (χ0v) is 15.2. The molecule has 0 bridgehead atoms. The molecule has 0 fully saturated rings. The highest BCUT2D eigenvalue weighted by Crippen LogP contribution is 2.24. The molecule has 132 valence electrons. The number of carbonyl (C=O) groups is 1. The third-order valence-electron chi connectivity index (χ3n) is 3.98. The molecule has 0 saturated carbocycles. The van der Waals surface area contributed by atoms with E-state index < -0.39 is 0 Å². The number of nitrogens with zero attached hydrogens (tertiary/aromatic N) is 2. The fourth-order valence-corrected chi connectivity index (χ4v) is 3.55. The normalized spacial score (nSPS) is 11.1. The van der Waals surface area contributed by atoms with Gasteiger partial charge in [-0.05, 0) is 30.7 Å². The number of hydrogen-bond donors (Lipinski definition) is 1. The van der Waals surface area contributed by atoms with Crippen molar-refractivity contribution in [3.8, 4) is 0 Å². The van der Waals surface area contributed by atoms with Crippen LogP contribution >= 0.6 is 11.8 Å². The Hall–Kier alpha value is -2.21. The number of nitrogens with one attached hydrogen (secondary N) is 1. The average molecular weight is 357 g/mol. The minimum atomic E-state index is -0.0198. The van der Waals surface area contributed by atoms with Crippen molar-refractivity contribution in [3.63, 3.8) is 0 Å². The Morgan fingerprint density at radius 3 is 2.92 bits per heavy atom. The maximum Gasteiger partial charge on any atom is 0.230 e. The van der Waals surface area contributed by atoms with E-state index in [1.165, 1.54) is 24.6 Å². The first-order chi connectivity index (χ1) is 12.3. The van der Waals surface area contributed by atoms with Gasteiger partial charge in [0.25, 0.3) is 0 Å². The first kappa shape index (κ1) is 17.6. The van der Waals surface area contributed by atoms with Gasteiger partial charge in [0.15, 0.2) is 5.16 Å².